The average molecular weight is 197 g/mol. The molecule has 0 aliphatic heterocycles. The largest absolute Gasteiger partial charge is 0.392 e. The number of rotatable bonds is 5. The summed E-state index contributed by atoms with van der Waals surface area (Å²) >= 11 is 0. The van der Waals surface area contributed by atoms with E-state index in [2.05, 4.69) is 24.3 Å². The molecule has 0 amide bonds. The Labute approximate surface area is 84.9 Å². The first kappa shape index (κ1) is 11.2. The number of aliphatic hydroxyl groups is 1. The van der Waals surface area contributed by atoms with Gasteiger partial charge < -0.3 is 10.4 Å². The fourth-order valence-corrected chi connectivity index (χ4v) is 1.18. The van der Waals surface area contributed by atoms with E-state index in [-0.39, 0.29) is 6.10 Å². The van der Waals surface area contributed by atoms with Crippen LogP contribution in [0, 0.1) is 0 Å². The predicted molar refractivity (Wildman–Crippen MR) is 56.0 cm³/mol. The van der Waals surface area contributed by atoms with Crippen molar-refractivity contribution in [2.45, 2.75) is 39.5 Å². The smallest absolute Gasteiger partial charge is 0.0636 e. The standard InChI is InChI=1S/C10H19N3O/c1-8(2)13-7-10(6-12-13)5-11-4-9(3)14/h6-9,11,14H,4-5H2,1-3H3/t9-/m0/s1. The van der Waals surface area contributed by atoms with Gasteiger partial charge in [-0.05, 0) is 20.8 Å². The molecule has 4 nitrogen and oxygen atoms in total. The number of nitrogens with one attached hydrogen (secondary N) is 1. The Morgan fingerprint density at radius 1 is 1.50 bits per heavy atom. The van der Waals surface area contributed by atoms with Crippen molar-refractivity contribution in [2.24, 2.45) is 0 Å². The maximum Gasteiger partial charge on any atom is 0.0636 e. The number of nitrogens with zero attached hydrogens (tertiary/aromatic N) is 2. The van der Waals surface area contributed by atoms with E-state index in [0.717, 1.165) is 12.1 Å². The molecule has 2 N–H and O–H groups in total. The van der Waals surface area contributed by atoms with Crippen molar-refractivity contribution in [3.63, 3.8) is 0 Å². The second kappa shape index (κ2) is 5.12. The minimum Gasteiger partial charge on any atom is -0.392 e. The van der Waals surface area contributed by atoms with Crippen LogP contribution >= 0.6 is 0 Å². The first-order valence-electron chi connectivity index (χ1n) is 5.01. The average Bonchev–Trinajstić information content (AvgIpc) is 2.52. The van der Waals surface area contributed by atoms with Crippen LogP contribution < -0.4 is 5.32 Å². The van der Waals surface area contributed by atoms with E-state index < -0.39 is 0 Å². The molecule has 1 heterocycles. The summed E-state index contributed by atoms with van der Waals surface area (Å²) in [6.45, 7) is 7.34. The summed E-state index contributed by atoms with van der Waals surface area (Å²) in [5.41, 5.74) is 1.15. The highest BCUT2D eigenvalue weighted by Gasteiger charge is 2.01. The Bertz CT molecular complexity index is 268. The molecule has 0 aliphatic carbocycles. The van der Waals surface area contributed by atoms with Crippen molar-refractivity contribution in [3.05, 3.63) is 18.0 Å². The van der Waals surface area contributed by atoms with Crippen LogP contribution in [0.5, 0.6) is 0 Å². The van der Waals surface area contributed by atoms with Crippen molar-refractivity contribution < 1.29 is 5.11 Å². The maximum atomic E-state index is 9.04. The predicted octanol–water partition coefficient (Wildman–Crippen LogP) is 0.934. The van der Waals surface area contributed by atoms with Crippen molar-refractivity contribution >= 4 is 0 Å². The highest BCUT2D eigenvalue weighted by atomic mass is 16.3. The SMILES string of the molecule is CC(C)n1cc(CNC[C@H](C)O)cn1. The molecule has 0 unspecified atom stereocenters. The fourth-order valence-electron chi connectivity index (χ4n) is 1.18. The minimum atomic E-state index is -0.296. The molecule has 0 saturated carbocycles. The first-order valence-corrected chi connectivity index (χ1v) is 5.01. The van der Waals surface area contributed by atoms with Gasteiger partial charge in [-0.3, -0.25) is 4.68 Å². The fraction of sp³-hybridized carbons (Fsp3) is 0.700. The zero-order valence-corrected chi connectivity index (χ0v) is 9.07. The summed E-state index contributed by atoms with van der Waals surface area (Å²) in [7, 11) is 0. The lowest BCUT2D eigenvalue weighted by Gasteiger charge is -2.05. The molecule has 0 spiro atoms. The quantitative estimate of drug-likeness (QED) is 0.738. The summed E-state index contributed by atoms with van der Waals surface area (Å²) < 4.78 is 1.93. The van der Waals surface area contributed by atoms with Crippen LogP contribution in [0.2, 0.25) is 0 Å². The van der Waals surface area contributed by atoms with E-state index in [1.165, 1.54) is 0 Å². The highest BCUT2D eigenvalue weighted by molar-refractivity contribution is 5.03. The molecule has 80 valence electrons. The molecule has 1 aromatic heterocycles. The molecule has 0 saturated heterocycles. The lowest BCUT2D eigenvalue weighted by molar-refractivity contribution is 0.191. The van der Waals surface area contributed by atoms with E-state index >= 15 is 0 Å². The molecule has 14 heavy (non-hydrogen) atoms. The van der Waals surface area contributed by atoms with Crippen molar-refractivity contribution in [1.29, 1.82) is 0 Å². The van der Waals surface area contributed by atoms with Crippen LogP contribution in [-0.4, -0.2) is 27.5 Å². The summed E-state index contributed by atoms with van der Waals surface area (Å²) in [4.78, 5) is 0. The summed E-state index contributed by atoms with van der Waals surface area (Å²) in [6, 6.07) is 0.403. The van der Waals surface area contributed by atoms with Gasteiger partial charge >= 0.3 is 0 Å². The maximum absolute atomic E-state index is 9.04. The Hall–Kier alpha value is -0.870. The van der Waals surface area contributed by atoms with Crippen LogP contribution in [0.4, 0.5) is 0 Å². The van der Waals surface area contributed by atoms with Crippen LogP contribution in [0.3, 0.4) is 0 Å². The molecular weight excluding hydrogens is 178 g/mol. The zero-order chi connectivity index (χ0) is 10.6. The third-order valence-electron chi connectivity index (χ3n) is 1.95. The lowest BCUT2D eigenvalue weighted by Crippen LogP contribution is -2.23. The zero-order valence-electron chi connectivity index (χ0n) is 9.07. The van der Waals surface area contributed by atoms with Crippen molar-refractivity contribution in [2.75, 3.05) is 6.54 Å². The Morgan fingerprint density at radius 3 is 2.71 bits per heavy atom. The van der Waals surface area contributed by atoms with Gasteiger partial charge in [0.25, 0.3) is 0 Å². The summed E-state index contributed by atoms with van der Waals surface area (Å²) in [5, 5.41) is 16.4. The van der Waals surface area contributed by atoms with Crippen LogP contribution in [0.15, 0.2) is 12.4 Å². The van der Waals surface area contributed by atoms with Gasteiger partial charge in [0.2, 0.25) is 0 Å². The van der Waals surface area contributed by atoms with E-state index in [4.69, 9.17) is 5.11 Å². The van der Waals surface area contributed by atoms with Crippen LogP contribution in [0.25, 0.3) is 0 Å². The number of aromatic nitrogens is 2. The third kappa shape index (κ3) is 3.47. The Kier molecular flexibility index (Phi) is 4.10. The van der Waals surface area contributed by atoms with E-state index in [9.17, 15) is 0 Å². The third-order valence-corrected chi connectivity index (χ3v) is 1.95. The van der Waals surface area contributed by atoms with Gasteiger partial charge in [0, 0.05) is 30.9 Å². The Balaban J connectivity index is 2.36. The van der Waals surface area contributed by atoms with Crippen LogP contribution in [0.1, 0.15) is 32.4 Å². The van der Waals surface area contributed by atoms with Crippen LogP contribution in [-0.2, 0) is 6.54 Å². The van der Waals surface area contributed by atoms with Gasteiger partial charge in [-0.25, -0.2) is 0 Å². The summed E-state index contributed by atoms with van der Waals surface area (Å²) in [6.07, 6.45) is 3.59. The lowest BCUT2D eigenvalue weighted by atomic mass is 10.3. The van der Waals surface area contributed by atoms with Gasteiger partial charge in [-0.1, -0.05) is 0 Å². The van der Waals surface area contributed by atoms with Gasteiger partial charge in [0.15, 0.2) is 0 Å². The molecule has 4 heteroatoms. The number of aliphatic hydroxyl groups excluding tert-OH is 1. The van der Waals surface area contributed by atoms with Crippen molar-refractivity contribution in [1.82, 2.24) is 15.1 Å². The molecule has 1 atom stereocenters. The van der Waals surface area contributed by atoms with E-state index in [1.54, 1.807) is 6.92 Å². The second-order valence-electron chi connectivity index (χ2n) is 3.90. The molecule has 0 fully saturated rings. The van der Waals surface area contributed by atoms with Gasteiger partial charge in [-0.15, -0.1) is 0 Å². The molecule has 0 aliphatic rings. The molecule has 0 radical (unpaired) electrons. The number of hydrogen-bond donors (Lipinski definition) is 2. The Morgan fingerprint density at radius 2 is 2.21 bits per heavy atom. The van der Waals surface area contributed by atoms with Gasteiger partial charge in [0.05, 0.1) is 12.3 Å². The molecular formula is C10H19N3O. The topological polar surface area (TPSA) is 50.1 Å². The summed E-state index contributed by atoms with van der Waals surface area (Å²) in [5.74, 6) is 0. The van der Waals surface area contributed by atoms with Gasteiger partial charge in [0.1, 0.15) is 0 Å². The minimum absolute atomic E-state index is 0.296. The second-order valence-corrected chi connectivity index (χ2v) is 3.90. The molecule has 1 rings (SSSR count). The molecule has 1 aromatic rings. The van der Waals surface area contributed by atoms with Crippen molar-refractivity contribution in [3.8, 4) is 0 Å². The van der Waals surface area contributed by atoms with E-state index in [1.807, 2.05) is 17.1 Å². The first-order chi connectivity index (χ1) is 6.59. The van der Waals surface area contributed by atoms with Gasteiger partial charge in [-0.2, -0.15) is 5.10 Å². The monoisotopic (exact) mass is 197 g/mol. The molecule has 0 bridgehead atoms. The van der Waals surface area contributed by atoms with E-state index in [0.29, 0.717) is 12.6 Å². The normalized spacial score (nSPS) is 13.5. The number of hydrogen-bond acceptors (Lipinski definition) is 3. The molecule has 0 aromatic carbocycles. The highest BCUT2D eigenvalue weighted by Crippen LogP contribution is 2.04.